The Labute approximate surface area is 112 Å². The smallest absolute Gasteiger partial charge is 0.410 e. The molecule has 1 amide bonds. The lowest BCUT2D eigenvalue weighted by Gasteiger charge is -2.26. The summed E-state index contributed by atoms with van der Waals surface area (Å²) in [4.78, 5) is 13.4. The molecule has 108 valence electrons. The van der Waals surface area contributed by atoms with Crippen LogP contribution in [-0.2, 0) is 4.74 Å². The number of carbonyl (C=O) groups excluding carboxylic acids is 1. The average Bonchev–Trinajstić information content (AvgIpc) is 2.41. The zero-order valence-corrected chi connectivity index (χ0v) is 12.9. The first-order chi connectivity index (χ1) is 8.22. The van der Waals surface area contributed by atoms with Crippen LogP contribution in [0.5, 0.6) is 0 Å². The number of rotatable bonds is 0. The lowest BCUT2D eigenvalue weighted by molar-refractivity contribution is 0.0262. The van der Waals surface area contributed by atoms with Crippen molar-refractivity contribution in [3.8, 4) is 0 Å². The number of ether oxygens (including phenoxy) is 1. The number of nitrogens with one attached hydrogen (secondary N) is 1. The Hall–Kier alpha value is -0.770. The van der Waals surface area contributed by atoms with Crippen molar-refractivity contribution in [3.05, 3.63) is 0 Å². The molecule has 1 rings (SSSR count). The zero-order chi connectivity index (χ0) is 14.2. The molecule has 0 aliphatic carbocycles. The van der Waals surface area contributed by atoms with E-state index in [2.05, 4.69) is 26.1 Å². The van der Waals surface area contributed by atoms with Crippen LogP contribution in [0.15, 0.2) is 0 Å². The van der Waals surface area contributed by atoms with Crippen molar-refractivity contribution >= 4 is 6.09 Å². The zero-order valence-electron chi connectivity index (χ0n) is 12.9. The molecule has 0 unspecified atom stereocenters. The third-order valence-corrected chi connectivity index (χ3v) is 1.99. The largest absolute Gasteiger partial charge is 0.444 e. The van der Waals surface area contributed by atoms with E-state index in [-0.39, 0.29) is 6.09 Å². The van der Waals surface area contributed by atoms with Crippen LogP contribution >= 0.6 is 0 Å². The van der Waals surface area contributed by atoms with Crippen molar-refractivity contribution in [2.24, 2.45) is 5.92 Å². The van der Waals surface area contributed by atoms with Crippen LogP contribution in [-0.4, -0.2) is 42.8 Å². The van der Waals surface area contributed by atoms with E-state index >= 15 is 0 Å². The molecule has 1 N–H and O–H groups in total. The SMILES string of the molecule is CC(C)(C)OC(=O)N1CCCNCC1.CC(C)C. The number of amides is 1. The molecule has 0 spiro atoms. The molecule has 0 radical (unpaired) electrons. The predicted octanol–water partition coefficient (Wildman–Crippen LogP) is 2.88. The summed E-state index contributed by atoms with van der Waals surface area (Å²) in [5.74, 6) is 0.833. The molecule has 0 atom stereocenters. The number of nitrogens with zero attached hydrogens (tertiary/aromatic N) is 1. The summed E-state index contributed by atoms with van der Waals surface area (Å²) in [6.07, 6.45) is 0.806. The van der Waals surface area contributed by atoms with Crippen molar-refractivity contribution in [3.63, 3.8) is 0 Å². The highest BCUT2D eigenvalue weighted by Crippen LogP contribution is 2.10. The van der Waals surface area contributed by atoms with Gasteiger partial charge >= 0.3 is 6.09 Å². The topological polar surface area (TPSA) is 41.6 Å². The van der Waals surface area contributed by atoms with Crippen LogP contribution in [0.3, 0.4) is 0 Å². The molecule has 0 saturated carbocycles. The van der Waals surface area contributed by atoms with Gasteiger partial charge in [0.05, 0.1) is 0 Å². The fourth-order valence-corrected chi connectivity index (χ4v) is 1.35. The Morgan fingerprint density at radius 3 is 2.22 bits per heavy atom. The maximum Gasteiger partial charge on any atom is 0.410 e. The summed E-state index contributed by atoms with van der Waals surface area (Å²) in [6.45, 7) is 15.6. The summed E-state index contributed by atoms with van der Waals surface area (Å²) in [5, 5.41) is 3.25. The highest BCUT2D eigenvalue weighted by atomic mass is 16.6. The molecule has 0 aromatic rings. The first-order valence-electron chi connectivity index (χ1n) is 6.91. The monoisotopic (exact) mass is 258 g/mol. The minimum atomic E-state index is -0.392. The summed E-state index contributed by atoms with van der Waals surface area (Å²) in [5.41, 5.74) is -0.392. The molecule has 1 aliphatic heterocycles. The van der Waals surface area contributed by atoms with Crippen molar-refractivity contribution < 1.29 is 9.53 Å². The Morgan fingerprint density at radius 2 is 1.72 bits per heavy atom. The summed E-state index contributed by atoms with van der Waals surface area (Å²) in [7, 11) is 0. The van der Waals surface area contributed by atoms with E-state index < -0.39 is 5.60 Å². The van der Waals surface area contributed by atoms with Gasteiger partial charge in [-0.15, -0.1) is 0 Å². The first kappa shape index (κ1) is 17.2. The molecule has 1 aliphatic rings. The lowest BCUT2D eigenvalue weighted by Crippen LogP contribution is -2.38. The highest BCUT2D eigenvalue weighted by Gasteiger charge is 2.22. The maximum atomic E-state index is 11.6. The van der Waals surface area contributed by atoms with Crippen molar-refractivity contribution in [1.29, 1.82) is 0 Å². The van der Waals surface area contributed by atoms with Gasteiger partial charge in [0.15, 0.2) is 0 Å². The molecule has 0 aromatic heterocycles. The molecule has 0 bridgehead atoms. The summed E-state index contributed by atoms with van der Waals surface area (Å²) in [6, 6.07) is 0. The van der Waals surface area contributed by atoms with E-state index in [4.69, 9.17) is 4.74 Å². The Balaban J connectivity index is 0.000000631. The van der Waals surface area contributed by atoms with Gasteiger partial charge in [0.2, 0.25) is 0 Å². The van der Waals surface area contributed by atoms with E-state index in [0.717, 1.165) is 38.5 Å². The molecule has 1 saturated heterocycles. The van der Waals surface area contributed by atoms with Crippen molar-refractivity contribution in [1.82, 2.24) is 10.2 Å². The van der Waals surface area contributed by atoms with Gasteiger partial charge in [-0.3, -0.25) is 0 Å². The van der Waals surface area contributed by atoms with Gasteiger partial charge in [-0.05, 0) is 39.7 Å². The van der Waals surface area contributed by atoms with Gasteiger partial charge in [-0.25, -0.2) is 4.79 Å². The first-order valence-corrected chi connectivity index (χ1v) is 6.91. The van der Waals surface area contributed by atoms with E-state index in [9.17, 15) is 4.79 Å². The Kier molecular flexibility index (Phi) is 8.00. The maximum absolute atomic E-state index is 11.6. The van der Waals surface area contributed by atoms with Gasteiger partial charge in [-0.1, -0.05) is 20.8 Å². The van der Waals surface area contributed by atoms with Gasteiger partial charge in [-0.2, -0.15) is 0 Å². The van der Waals surface area contributed by atoms with Crippen LogP contribution < -0.4 is 5.32 Å². The van der Waals surface area contributed by atoms with Crippen molar-refractivity contribution in [2.45, 2.75) is 53.6 Å². The Bertz CT molecular complexity index is 224. The number of hydrogen-bond donors (Lipinski definition) is 1. The number of carbonyl (C=O) groups is 1. The lowest BCUT2D eigenvalue weighted by atomic mass is 10.2. The van der Waals surface area contributed by atoms with E-state index in [1.165, 1.54) is 0 Å². The second kappa shape index (κ2) is 8.35. The van der Waals surface area contributed by atoms with Gasteiger partial charge < -0.3 is 15.0 Å². The van der Waals surface area contributed by atoms with E-state index in [0.29, 0.717) is 0 Å². The quantitative estimate of drug-likeness (QED) is 0.726. The second-order valence-corrected chi connectivity index (χ2v) is 6.30. The average molecular weight is 258 g/mol. The number of hydrogen-bond acceptors (Lipinski definition) is 3. The highest BCUT2D eigenvalue weighted by molar-refractivity contribution is 5.68. The second-order valence-electron chi connectivity index (χ2n) is 6.30. The molecule has 1 heterocycles. The van der Waals surface area contributed by atoms with Crippen LogP contribution in [0, 0.1) is 5.92 Å². The molecule has 18 heavy (non-hydrogen) atoms. The predicted molar refractivity (Wildman–Crippen MR) is 75.8 cm³/mol. The van der Waals surface area contributed by atoms with E-state index in [1.54, 1.807) is 4.90 Å². The molecule has 0 aromatic carbocycles. The fourth-order valence-electron chi connectivity index (χ4n) is 1.35. The third-order valence-electron chi connectivity index (χ3n) is 1.99. The minimum absolute atomic E-state index is 0.193. The van der Waals surface area contributed by atoms with Crippen LogP contribution in [0.1, 0.15) is 48.0 Å². The summed E-state index contributed by atoms with van der Waals surface area (Å²) >= 11 is 0. The van der Waals surface area contributed by atoms with Crippen LogP contribution in [0.25, 0.3) is 0 Å². The minimum Gasteiger partial charge on any atom is -0.444 e. The van der Waals surface area contributed by atoms with Crippen LogP contribution in [0.2, 0.25) is 0 Å². The summed E-state index contributed by atoms with van der Waals surface area (Å²) < 4.78 is 5.29. The Morgan fingerprint density at radius 1 is 1.17 bits per heavy atom. The molecule has 4 heteroatoms. The van der Waals surface area contributed by atoms with E-state index in [1.807, 2.05) is 20.8 Å². The van der Waals surface area contributed by atoms with Gasteiger partial charge in [0.25, 0.3) is 0 Å². The third kappa shape index (κ3) is 10.4. The molecule has 1 fully saturated rings. The molecular weight excluding hydrogens is 228 g/mol. The normalized spacial score (nSPS) is 16.7. The van der Waals surface area contributed by atoms with Crippen LogP contribution in [0.4, 0.5) is 4.79 Å². The fraction of sp³-hybridized carbons (Fsp3) is 0.929. The molecule has 4 nitrogen and oxygen atoms in total. The van der Waals surface area contributed by atoms with Gasteiger partial charge in [0.1, 0.15) is 5.60 Å². The van der Waals surface area contributed by atoms with Gasteiger partial charge in [0, 0.05) is 19.6 Å². The standard InChI is InChI=1S/C10H20N2O2.C4H10/c1-10(2,3)14-9(13)12-7-4-5-11-6-8-12;1-4(2)3/h11H,4-8H2,1-3H3;4H,1-3H3. The van der Waals surface area contributed by atoms with Crippen molar-refractivity contribution in [2.75, 3.05) is 26.2 Å². The molecular formula is C14H30N2O2.